The first kappa shape index (κ1) is 17.4. The van der Waals surface area contributed by atoms with Gasteiger partial charge < -0.3 is 0 Å². The van der Waals surface area contributed by atoms with Gasteiger partial charge in [-0.1, -0.05) is 60.3 Å². The number of thiol groups is 1. The summed E-state index contributed by atoms with van der Waals surface area (Å²) in [4.78, 5) is 0. The van der Waals surface area contributed by atoms with Crippen LogP contribution in [0.5, 0.6) is 0 Å². The van der Waals surface area contributed by atoms with Crippen LogP contribution in [0, 0.1) is 17.3 Å². The standard InChI is InChI=1S/C16H34S/c1-6-8-12-16(7-2,14(3)4)15(5)11-9-10-13-17/h14-15,17H,6-13H2,1-5H3. The van der Waals surface area contributed by atoms with Crippen LogP contribution in [0.2, 0.25) is 0 Å². The zero-order valence-corrected chi connectivity index (χ0v) is 13.7. The van der Waals surface area contributed by atoms with Gasteiger partial charge in [0.1, 0.15) is 0 Å². The van der Waals surface area contributed by atoms with E-state index in [0.717, 1.165) is 17.6 Å². The van der Waals surface area contributed by atoms with Crippen molar-refractivity contribution in [3.8, 4) is 0 Å². The summed E-state index contributed by atoms with van der Waals surface area (Å²) in [6, 6.07) is 0. The smallest absolute Gasteiger partial charge is 0.00979 e. The molecule has 0 spiro atoms. The molecule has 104 valence electrons. The van der Waals surface area contributed by atoms with Crippen LogP contribution in [0.1, 0.15) is 79.6 Å². The Bertz CT molecular complexity index is 176. The molecule has 0 heterocycles. The highest BCUT2D eigenvalue weighted by atomic mass is 32.1. The monoisotopic (exact) mass is 258 g/mol. The molecule has 0 aromatic heterocycles. The molecule has 1 heteroatoms. The SMILES string of the molecule is CCCCC(CC)(C(C)C)C(C)CCCCS. The van der Waals surface area contributed by atoms with Gasteiger partial charge in [0, 0.05) is 0 Å². The van der Waals surface area contributed by atoms with Crippen molar-refractivity contribution in [3.05, 3.63) is 0 Å². The molecule has 0 aliphatic carbocycles. The maximum Gasteiger partial charge on any atom is -0.00979 e. The molecular weight excluding hydrogens is 224 g/mol. The van der Waals surface area contributed by atoms with Crippen molar-refractivity contribution in [2.75, 3.05) is 5.75 Å². The van der Waals surface area contributed by atoms with Crippen LogP contribution < -0.4 is 0 Å². The minimum Gasteiger partial charge on any atom is -0.179 e. The molecule has 0 saturated heterocycles. The zero-order valence-electron chi connectivity index (χ0n) is 12.8. The van der Waals surface area contributed by atoms with Crippen molar-refractivity contribution >= 4 is 12.6 Å². The third kappa shape index (κ3) is 5.24. The van der Waals surface area contributed by atoms with Crippen molar-refractivity contribution in [2.24, 2.45) is 17.3 Å². The van der Waals surface area contributed by atoms with Gasteiger partial charge >= 0.3 is 0 Å². The number of hydrogen-bond donors (Lipinski definition) is 1. The van der Waals surface area contributed by atoms with Gasteiger partial charge in [0.2, 0.25) is 0 Å². The van der Waals surface area contributed by atoms with Gasteiger partial charge in [0.25, 0.3) is 0 Å². The molecule has 2 unspecified atom stereocenters. The molecule has 0 bridgehead atoms. The Labute approximate surface area is 115 Å². The van der Waals surface area contributed by atoms with Crippen LogP contribution >= 0.6 is 12.6 Å². The molecule has 0 aromatic rings. The van der Waals surface area contributed by atoms with E-state index in [4.69, 9.17) is 0 Å². The van der Waals surface area contributed by atoms with Gasteiger partial charge in [-0.25, -0.2) is 0 Å². The molecule has 0 fully saturated rings. The van der Waals surface area contributed by atoms with Crippen molar-refractivity contribution in [1.82, 2.24) is 0 Å². The first-order chi connectivity index (χ1) is 8.05. The van der Waals surface area contributed by atoms with Gasteiger partial charge in [-0.3, -0.25) is 0 Å². The Kier molecular flexibility index (Phi) is 9.49. The maximum absolute atomic E-state index is 4.32. The fraction of sp³-hybridized carbons (Fsp3) is 1.00. The molecular formula is C16H34S. The van der Waals surface area contributed by atoms with Crippen LogP contribution in [-0.2, 0) is 0 Å². The highest BCUT2D eigenvalue weighted by Gasteiger charge is 2.36. The lowest BCUT2D eigenvalue weighted by Crippen LogP contribution is -2.34. The third-order valence-corrected chi connectivity index (χ3v) is 5.15. The van der Waals surface area contributed by atoms with E-state index in [2.05, 4.69) is 47.2 Å². The van der Waals surface area contributed by atoms with E-state index in [1.54, 1.807) is 0 Å². The first-order valence-electron chi connectivity index (χ1n) is 7.66. The summed E-state index contributed by atoms with van der Waals surface area (Å²) in [7, 11) is 0. The second kappa shape index (κ2) is 9.30. The number of hydrogen-bond acceptors (Lipinski definition) is 1. The molecule has 0 nitrogen and oxygen atoms in total. The molecule has 0 radical (unpaired) electrons. The lowest BCUT2D eigenvalue weighted by Gasteiger charge is -2.43. The van der Waals surface area contributed by atoms with Crippen LogP contribution in [-0.4, -0.2) is 5.75 Å². The molecule has 17 heavy (non-hydrogen) atoms. The Balaban J connectivity index is 4.51. The minimum atomic E-state index is 0.576. The maximum atomic E-state index is 4.32. The van der Waals surface area contributed by atoms with E-state index in [1.807, 2.05) is 0 Å². The number of rotatable bonds is 10. The van der Waals surface area contributed by atoms with E-state index in [9.17, 15) is 0 Å². The topological polar surface area (TPSA) is 0 Å². The average Bonchev–Trinajstić information content (AvgIpc) is 2.30. The van der Waals surface area contributed by atoms with Gasteiger partial charge in [0.15, 0.2) is 0 Å². The normalized spacial score (nSPS) is 17.1. The minimum absolute atomic E-state index is 0.576. The summed E-state index contributed by atoms with van der Waals surface area (Å²) in [5, 5.41) is 0. The Morgan fingerprint density at radius 3 is 2.06 bits per heavy atom. The van der Waals surface area contributed by atoms with Gasteiger partial charge in [0.05, 0.1) is 0 Å². The second-order valence-electron chi connectivity index (χ2n) is 5.97. The zero-order chi connectivity index (χ0) is 13.3. The van der Waals surface area contributed by atoms with Crippen LogP contribution in [0.25, 0.3) is 0 Å². The highest BCUT2D eigenvalue weighted by Crippen LogP contribution is 2.45. The molecule has 0 aromatic carbocycles. The van der Waals surface area contributed by atoms with E-state index in [0.29, 0.717) is 5.41 Å². The molecule has 0 aliphatic rings. The second-order valence-corrected chi connectivity index (χ2v) is 6.41. The molecule has 2 atom stereocenters. The van der Waals surface area contributed by atoms with Crippen molar-refractivity contribution in [2.45, 2.75) is 79.6 Å². The van der Waals surface area contributed by atoms with E-state index in [1.165, 1.54) is 44.9 Å². The summed E-state index contributed by atoms with van der Waals surface area (Å²) < 4.78 is 0. The molecule has 0 aliphatic heterocycles. The van der Waals surface area contributed by atoms with Gasteiger partial charge in [-0.05, 0) is 42.3 Å². The van der Waals surface area contributed by atoms with Gasteiger partial charge in [-0.15, -0.1) is 0 Å². The lowest BCUT2D eigenvalue weighted by molar-refractivity contribution is 0.0710. The lowest BCUT2D eigenvalue weighted by atomic mass is 9.62. The largest absolute Gasteiger partial charge is 0.179 e. The summed E-state index contributed by atoms with van der Waals surface area (Å²) >= 11 is 4.32. The van der Waals surface area contributed by atoms with Crippen molar-refractivity contribution in [1.29, 1.82) is 0 Å². The Hall–Kier alpha value is 0.350. The molecule has 0 saturated carbocycles. The Morgan fingerprint density at radius 1 is 1.00 bits per heavy atom. The van der Waals surface area contributed by atoms with Crippen molar-refractivity contribution < 1.29 is 0 Å². The molecule has 0 rings (SSSR count). The number of unbranched alkanes of at least 4 members (excludes halogenated alkanes) is 2. The fourth-order valence-corrected chi connectivity index (χ4v) is 3.62. The van der Waals surface area contributed by atoms with Crippen LogP contribution in [0.15, 0.2) is 0 Å². The predicted octanol–water partition coefficient (Wildman–Crippen LogP) is 5.97. The fourth-order valence-electron chi connectivity index (χ4n) is 3.39. The predicted molar refractivity (Wildman–Crippen MR) is 84.0 cm³/mol. The van der Waals surface area contributed by atoms with E-state index < -0.39 is 0 Å². The Morgan fingerprint density at radius 2 is 1.65 bits per heavy atom. The summed E-state index contributed by atoms with van der Waals surface area (Å²) in [6.07, 6.45) is 9.49. The summed E-state index contributed by atoms with van der Waals surface area (Å²) in [6.45, 7) is 12.0. The molecule has 0 N–H and O–H groups in total. The van der Waals surface area contributed by atoms with E-state index >= 15 is 0 Å². The van der Waals surface area contributed by atoms with Crippen LogP contribution in [0.4, 0.5) is 0 Å². The average molecular weight is 259 g/mol. The van der Waals surface area contributed by atoms with Crippen LogP contribution in [0.3, 0.4) is 0 Å². The summed E-state index contributed by atoms with van der Waals surface area (Å²) in [5.74, 6) is 2.71. The molecule has 0 amide bonds. The van der Waals surface area contributed by atoms with Gasteiger partial charge in [-0.2, -0.15) is 12.6 Å². The quantitative estimate of drug-likeness (QED) is 0.362. The summed E-state index contributed by atoms with van der Waals surface area (Å²) in [5.41, 5.74) is 0.576. The third-order valence-electron chi connectivity index (χ3n) is 4.83. The highest BCUT2D eigenvalue weighted by molar-refractivity contribution is 7.80. The first-order valence-corrected chi connectivity index (χ1v) is 8.29. The van der Waals surface area contributed by atoms with Crippen molar-refractivity contribution in [3.63, 3.8) is 0 Å². The van der Waals surface area contributed by atoms with E-state index in [-0.39, 0.29) is 0 Å².